The largest absolute Gasteiger partial charge is 0.341 e. The molecule has 27 heavy (non-hydrogen) atoms. The predicted octanol–water partition coefficient (Wildman–Crippen LogP) is 6.88. The van der Waals surface area contributed by atoms with E-state index in [2.05, 4.69) is 37.2 Å². The molecule has 7 heteroatoms. The van der Waals surface area contributed by atoms with Crippen molar-refractivity contribution in [3.63, 3.8) is 0 Å². The second kappa shape index (κ2) is 8.59. The average molecular weight is 544 g/mol. The van der Waals surface area contributed by atoms with Crippen molar-refractivity contribution in [3.8, 4) is 0 Å². The number of aryl methyl sites for hydroxylation is 1. The van der Waals surface area contributed by atoms with Gasteiger partial charge in [-0.3, -0.25) is 0 Å². The zero-order chi connectivity index (χ0) is 19.6. The fourth-order valence-corrected chi connectivity index (χ4v) is 7.31. The summed E-state index contributed by atoms with van der Waals surface area (Å²) in [6.45, 7) is 1.92. The predicted molar refractivity (Wildman–Crippen MR) is 128 cm³/mol. The molecule has 0 aliphatic rings. The lowest BCUT2D eigenvalue weighted by Crippen LogP contribution is -2.26. The summed E-state index contributed by atoms with van der Waals surface area (Å²) in [5.74, 6) is 0. The van der Waals surface area contributed by atoms with Crippen LogP contribution in [0.25, 0.3) is 0 Å². The quantitative estimate of drug-likeness (QED) is 0.221. The fraction of sp³-hybridized carbons (Fsp3) is 0.0500. The van der Waals surface area contributed by atoms with Gasteiger partial charge in [-0.15, -0.1) is 0 Å². The van der Waals surface area contributed by atoms with Crippen molar-refractivity contribution in [1.29, 1.82) is 0 Å². The van der Waals surface area contributed by atoms with Gasteiger partial charge in [-0.05, 0) is 50.4 Å². The maximum absolute atomic E-state index is 14.2. The van der Waals surface area contributed by atoms with Crippen LogP contribution in [0, 0.1) is 6.92 Å². The molecule has 0 aromatic heterocycles. The van der Waals surface area contributed by atoms with Crippen LogP contribution in [0.2, 0.25) is 5.02 Å². The van der Waals surface area contributed by atoms with E-state index in [1.165, 1.54) is 0 Å². The van der Waals surface area contributed by atoms with Gasteiger partial charge in [0, 0.05) is 15.1 Å². The molecule has 0 saturated carbocycles. The lowest BCUT2D eigenvalue weighted by molar-refractivity contribution is 0.594. The Hall–Kier alpha value is -0.970. The van der Waals surface area contributed by atoms with Crippen LogP contribution in [-0.4, -0.2) is 4.73 Å². The lowest BCUT2D eigenvalue weighted by atomic mass is 10.2. The van der Waals surface area contributed by atoms with Gasteiger partial charge in [-0.25, -0.2) is 0 Å². The number of halogens is 3. The molecule has 0 spiro atoms. The molecule has 0 bridgehead atoms. The SMILES string of the molecule is Cc1cc(Br)c(NC(=S)P(=O)(c2ccccc2)c2ccccc2)c(Br)c1Cl. The number of nitrogens with one attached hydrogen (secondary N) is 1. The first-order chi connectivity index (χ1) is 12.9. The van der Waals surface area contributed by atoms with Crippen LogP contribution in [0.15, 0.2) is 75.7 Å². The van der Waals surface area contributed by atoms with E-state index in [4.69, 9.17) is 23.8 Å². The Bertz CT molecular complexity index is 1000. The summed E-state index contributed by atoms with van der Waals surface area (Å²) in [5, 5.41) is 5.12. The number of benzene rings is 3. The molecule has 0 unspecified atom stereocenters. The van der Waals surface area contributed by atoms with Crippen LogP contribution in [0.3, 0.4) is 0 Å². The number of hydrogen-bond donors (Lipinski definition) is 1. The Morgan fingerprint density at radius 3 is 1.96 bits per heavy atom. The first kappa shape index (κ1) is 20.8. The van der Waals surface area contributed by atoms with E-state index in [9.17, 15) is 4.57 Å². The number of rotatable bonds is 4. The fourth-order valence-electron chi connectivity index (χ4n) is 2.67. The van der Waals surface area contributed by atoms with E-state index in [0.717, 1.165) is 10.0 Å². The van der Waals surface area contributed by atoms with Gasteiger partial charge in [0.25, 0.3) is 0 Å². The number of thiocarbonyl (C=S) groups is 1. The summed E-state index contributed by atoms with van der Waals surface area (Å²) in [6.07, 6.45) is 0. The van der Waals surface area contributed by atoms with Crippen molar-refractivity contribution in [3.05, 3.63) is 86.3 Å². The first-order valence-corrected chi connectivity index (χ1v) is 12.1. The molecule has 0 radical (unpaired) electrons. The highest BCUT2D eigenvalue weighted by Gasteiger charge is 2.33. The van der Waals surface area contributed by atoms with Gasteiger partial charge in [0.15, 0.2) is 7.14 Å². The molecule has 0 saturated heterocycles. The molecule has 138 valence electrons. The monoisotopic (exact) mass is 541 g/mol. The van der Waals surface area contributed by atoms with Crippen LogP contribution in [-0.2, 0) is 4.57 Å². The van der Waals surface area contributed by atoms with Crippen LogP contribution < -0.4 is 15.9 Å². The van der Waals surface area contributed by atoms with Gasteiger partial charge < -0.3 is 9.88 Å². The van der Waals surface area contributed by atoms with E-state index < -0.39 is 7.14 Å². The topological polar surface area (TPSA) is 29.1 Å². The molecule has 3 rings (SSSR count). The highest BCUT2D eigenvalue weighted by Crippen LogP contribution is 2.47. The van der Waals surface area contributed by atoms with Gasteiger partial charge in [0.05, 0.1) is 15.2 Å². The van der Waals surface area contributed by atoms with Crippen molar-refractivity contribution in [2.75, 3.05) is 5.32 Å². The van der Waals surface area contributed by atoms with Crippen molar-refractivity contribution < 1.29 is 4.57 Å². The molecule has 0 atom stereocenters. The number of anilines is 1. The second-order valence-electron chi connectivity index (χ2n) is 5.89. The maximum atomic E-state index is 14.2. The van der Waals surface area contributed by atoms with Crippen molar-refractivity contribution >= 4 is 83.8 Å². The molecule has 3 aromatic carbocycles. The van der Waals surface area contributed by atoms with Gasteiger partial charge in [-0.1, -0.05) is 84.5 Å². The van der Waals surface area contributed by atoms with Crippen molar-refractivity contribution in [2.45, 2.75) is 6.92 Å². The number of hydrogen-bond acceptors (Lipinski definition) is 2. The van der Waals surface area contributed by atoms with E-state index in [0.29, 0.717) is 25.8 Å². The smallest absolute Gasteiger partial charge is 0.197 e. The standard InChI is InChI=1S/C20H15Br2ClNOPS/c1-13-12-16(21)19(17(22)18(13)23)24-20(27)26(25,14-8-4-2-5-9-14)15-10-6-3-7-11-15/h2-12H,1H3,(H,24,27). The average Bonchev–Trinajstić information content (AvgIpc) is 2.70. The molecule has 0 amide bonds. The van der Waals surface area contributed by atoms with Crippen LogP contribution >= 0.6 is 62.8 Å². The molecule has 2 nitrogen and oxygen atoms in total. The van der Waals surface area contributed by atoms with Crippen molar-refractivity contribution in [1.82, 2.24) is 0 Å². The Morgan fingerprint density at radius 2 is 1.48 bits per heavy atom. The summed E-state index contributed by atoms with van der Waals surface area (Å²) in [6, 6.07) is 20.5. The molecule has 0 aliphatic heterocycles. The van der Waals surface area contributed by atoms with Crippen LogP contribution in [0.1, 0.15) is 5.56 Å². The van der Waals surface area contributed by atoms with Crippen LogP contribution in [0.4, 0.5) is 5.69 Å². The van der Waals surface area contributed by atoms with E-state index >= 15 is 0 Å². The summed E-state index contributed by atoms with van der Waals surface area (Å²) >= 11 is 19.1. The minimum absolute atomic E-state index is 0.251. The third kappa shape index (κ3) is 4.08. The third-order valence-corrected chi connectivity index (χ3v) is 9.84. The first-order valence-electron chi connectivity index (χ1n) is 8.02. The second-order valence-corrected chi connectivity index (χ2v) is 11.3. The molecule has 3 aromatic rings. The maximum Gasteiger partial charge on any atom is 0.197 e. The minimum Gasteiger partial charge on any atom is -0.341 e. The molecule has 0 heterocycles. The molecule has 0 fully saturated rings. The highest BCUT2D eigenvalue weighted by atomic mass is 79.9. The van der Waals surface area contributed by atoms with Gasteiger partial charge in [0.2, 0.25) is 0 Å². The summed E-state index contributed by atoms with van der Waals surface area (Å²) in [4.78, 5) is 0. The molecule has 0 aliphatic carbocycles. The zero-order valence-corrected chi connectivity index (χ0v) is 19.9. The summed E-state index contributed by atoms with van der Waals surface area (Å²) < 4.78 is 15.9. The summed E-state index contributed by atoms with van der Waals surface area (Å²) in [5.41, 5.74) is 1.57. The lowest BCUT2D eigenvalue weighted by Gasteiger charge is -2.23. The van der Waals surface area contributed by atoms with E-state index in [1.54, 1.807) is 0 Å². The Morgan fingerprint density at radius 1 is 1.00 bits per heavy atom. The summed E-state index contributed by atoms with van der Waals surface area (Å²) in [7, 11) is -3.21. The van der Waals surface area contributed by atoms with E-state index in [-0.39, 0.29) is 4.73 Å². The van der Waals surface area contributed by atoms with Crippen molar-refractivity contribution in [2.24, 2.45) is 0 Å². The third-order valence-electron chi connectivity index (χ3n) is 4.10. The zero-order valence-electron chi connectivity index (χ0n) is 14.2. The normalized spacial score (nSPS) is 11.3. The van der Waals surface area contributed by atoms with Gasteiger partial charge >= 0.3 is 0 Å². The molecule has 1 N–H and O–H groups in total. The molecular formula is C20H15Br2ClNOPS. The molecular weight excluding hydrogens is 529 g/mol. The van der Waals surface area contributed by atoms with Crippen LogP contribution in [0.5, 0.6) is 0 Å². The van der Waals surface area contributed by atoms with Gasteiger partial charge in [0.1, 0.15) is 4.73 Å². The Labute approximate surface area is 186 Å². The Balaban J connectivity index is 2.12. The highest BCUT2D eigenvalue weighted by molar-refractivity contribution is 9.11. The Kier molecular flexibility index (Phi) is 6.60. The van der Waals surface area contributed by atoms with Gasteiger partial charge in [-0.2, -0.15) is 0 Å². The van der Waals surface area contributed by atoms with E-state index in [1.807, 2.05) is 73.7 Å². The minimum atomic E-state index is -3.21.